The molecule has 2 aromatic rings. The molecule has 36 heavy (non-hydrogen) atoms. The number of amides is 1. The summed E-state index contributed by atoms with van der Waals surface area (Å²) in [5, 5.41) is 11.4. The van der Waals surface area contributed by atoms with Gasteiger partial charge < -0.3 is 19.5 Å². The van der Waals surface area contributed by atoms with E-state index in [9.17, 15) is 14.7 Å². The van der Waals surface area contributed by atoms with Gasteiger partial charge in [0.1, 0.15) is 18.1 Å². The van der Waals surface area contributed by atoms with Gasteiger partial charge in [-0.15, -0.1) is 0 Å². The van der Waals surface area contributed by atoms with Crippen LogP contribution in [0.25, 0.3) is 5.76 Å². The number of aliphatic hydroxyl groups excluding tert-OH is 1. The summed E-state index contributed by atoms with van der Waals surface area (Å²) < 4.78 is 11.0. The predicted molar refractivity (Wildman–Crippen MR) is 139 cm³/mol. The number of Topliss-reactive ketones (excluding diaryl/α,β-unsaturated/α-hetero) is 1. The Balaban J connectivity index is 1.69. The molecule has 1 unspecified atom stereocenters. The molecule has 0 saturated carbocycles. The predicted octanol–water partition coefficient (Wildman–Crippen LogP) is 4.01. The largest absolute Gasteiger partial charge is 0.507 e. The van der Waals surface area contributed by atoms with Gasteiger partial charge >= 0.3 is 0 Å². The number of aliphatic hydroxyl groups is 1. The molecule has 2 aliphatic heterocycles. The number of carbonyl (C=O) groups is 2. The first kappa shape index (κ1) is 25.7. The molecule has 1 atom stereocenters. The lowest BCUT2D eigenvalue weighted by molar-refractivity contribution is -0.140. The number of rotatable bonds is 9. The lowest BCUT2D eigenvalue weighted by atomic mass is 9.93. The number of aryl methyl sites for hydroxylation is 2. The van der Waals surface area contributed by atoms with Gasteiger partial charge in [-0.05, 0) is 49.6 Å². The first-order valence-electron chi connectivity index (χ1n) is 12.4. The van der Waals surface area contributed by atoms with E-state index >= 15 is 0 Å². The van der Waals surface area contributed by atoms with Crippen LogP contribution in [0.15, 0.2) is 60.7 Å². The summed E-state index contributed by atoms with van der Waals surface area (Å²) in [7, 11) is 0. The maximum Gasteiger partial charge on any atom is 0.295 e. The molecule has 4 rings (SSSR count). The Morgan fingerprint density at radius 3 is 2.53 bits per heavy atom. The van der Waals surface area contributed by atoms with Gasteiger partial charge in [0.2, 0.25) is 0 Å². The van der Waals surface area contributed by atoms with Gasteiger partial charge in [0, 0.05) is 31.7 Å². The van der Waals surface area contributed by atoms with Crippen LogP contribution in [-0.4, -0.2) is 72.6 Å². The smallest absolute Gasteiger partial charge is 0.295 e. The van der Waals surface area contributed by atoms with E-state index in [1.165, 1.54) is 0 Å². The molecule has 1 N–H and O–H groups in total. The van der Waals surface area contributed by atoms with Crippen LogP contribution in [0.3, 0.4) is 0 Å². The Hall–Kier alpha value is -3.42. The van der Waals surface area contributed by atoms with E-state index in [4.69, 9.17) is 9.47 Å². The van der Waals surface area contributed by atoms with Crippen molar-refractivity contribution in [1.29, 1.82) is 0 Å². The summed E-state index contributed by atoms with van der Waals surface area (Å²) in [6.07, 6.45) is 2.38. The molecule has 0 aromatic heterocycles. The van der Waals surface area contributed by atoms with Crippen molar-refractivity contribution >= 4 is 17.4 Å². The van der Waals surface area contributed by atoms with Gasteiger partial charge in [-0.1, -0.05) is 42.5 Å². The first-order valence-corrected chi connectivity index (χ1v) is 12.4. The Morgan fingerprint density at radius 1 is 1.11 bits per heavy atom. The molecule has 0 spiro atoms. The molecule has 1 amide bonds. The quantitative estimate of drug-likeness (QED) is 0.248. The number of carbonyl (C=O) groups excluding carboxylic acids is 2. The molecule has 190 valence electrons. The van der Waals surface area contributed by atoms with Crippen molar-refractivity contribution in [3.8, 4) is 5.75 Å². The lowest BCUT2D eigenvalue weighted by Crippen LogP contribution is -2.38. The van der Waals surface area contributed by atoms with Crippen LogP contribution in [0, 0.1) is 13.8 Å². The van der Waals surface area contributed by atoms with Gasteiger partial charge in [-0.2, -0.15) is 0 Å². The molecular formula is C29H34N2O5. The minimum atomic E-state index is -0.678. The standard InChI is InChI=1S/C29H34N2O5/c1-4-16-36-23-10-8-22(9-11-23)26-25(27(32)24-19-20(2)6-7-21(24)3)28(33)29(34)31(26)13-5-12-30-14-17-35-18-15-30/h4,6-11,19,26,32H,1,5,12-18H2,2-3H3. The Labute approximate surface area is 212 Å². The average Bonchev–Trinajstić information content (AvgIpc) is 3.14. The Morgan fingerprint density at radius 2 is 1.83 bits per heavy atom. The second-order valence-corrected chi connectivity index (χ2v) is 9.29. The minimum absolute atomic E-state index is 0.125. The first-order chi connectivity index (χ1) is 17.4. The molecule has 7 heteroatoms. The number of benzene rings is 2. The third kappa shape index (κ3) is 5.53. The third-order valence-electron chi connectivity index (χ3n) is 6.73. The van der Waals surface area contributed by atoms with E-state index < -0.39 is 17.7 Å². The summed E-state index contributed by atoms with van der Waals surface area (Å²) in [5.41, 5.74) is 3.24. The zero-order valence-corrected chi connectivity index (χ0v) is 21.0. The molecule has 2 aromatic carbocycles. The van der Waals surface area contributed by atoms with Crippen molar-refractivity contribution in [3.05, 3.63) is 82.9 Å². The highest BCUT2D eigenvalue weighted by Gasteiger charge is 2.46. The summed E-state index contributed by atoms with van der Waals surface area (Å²) in [6.45, 7) is 12.2. The van der Waals surface area contributed by atoms with E-state index in [1.807, 2.05) is 56.3 Å². The van der Waals surface area contributed by atoms with Crippen LogP contribution in [0.2, 0.25) is 0 Å². The van der Waals surface area contributed by atoms with Crippen LogP contribution < -0.4 is 4.74 Å². The maximum atomic E-state index is 13.3. The van der Waals surface area contributed by atoms with Crippen molar-refractivity contribution in [1.82, 2.24) is 9.80 Å². The van der Waals surface area contributed by atoms with E-state index in [0.29, 0.717) is 44.1 Å². The summed E-state index contributed by atoms with van der Waals surface area (Å²) in [5.74, 6) is -0.711. The van der Waals surface area contributed by atoms with Crippen LogP contribution in [0.4, 0.5) is 0 Å². The number of hydrogen-bond acceptors (Lipinski definition) is 6. The van der Waals surface area contributed by atoms with Gasteiger partial charge in [0.25, 0.3) is 11.7 Å². The molecule has 2 fully saturated rings. The number of hydrogen-bond donors (Lipinski definition) is 1. The van der Waals surface area contributed by atoms with Gasteiger partial charge in [0.05, 0.1) is 24.8 Å². The molecule has 2 aliphatic rings. The highest BCUT2D eigenvalue weighted by atomic mass is 16.5. The zero-order chi connectivity index (χ0) is 25.7. The molecule has 0 aliphatic carbocycles. The number of morpholine rings is 1. The van der Waals surface area contributed by atoms with Gasteiger partial charge in [0.15, 0.2) is 0 Å². The molecule has 0 radical (unpaired) electrons. The van der Waals surface area contributed by atoms with Crippen LogP contribution in [-0.2, 0) is 14.3 Å². The molecule has 2 saturated heterocycles. The van der Waals surface area contributed by atoms with E-state index in [0.717, 1.165) is 36.3 Å². The lowest BCUT2D eigenvalue weighted by Gasteiger charge is -2.29. The highest BCUT2D eigenvalue weighted by Crippen LogP contribution is 2.40. The third-order valence-corrected chi connectivity index (χ3v) is 6.73. The van der Waals surface area contributed by atoms with Crippen LogP contribution >= 0.6 is 0 Å². The Kier molecular flexibility index (Phi) is 8.23. The number of ketones is 1. The average molecular weight is 491 g/mol. The monoisotopic (exact) mass is 490 g/mol. The summed E-state index contributed by atoms with van der Waals surface area (Å²) in [4.78, 5) is 30.4. The fourth-order valence-electron chi connectivity index (χ4n) is 4.78. The molecule has 2 heterocycles. The molecular weight excluding hydrogens is 456 g/mol. The Bertz CT molecular complexity index is 1150. The second kappa shape index (κ2) is 11.5. The van der Waals surface area contributed by atoms with Crippen molar-refractivity contribution < 1.29 is 24.2 Å². The van der Waals surface area contributed by atoms with E-state index in [2.05, 4.69) is 11.5 Å². The minimum Gasteiger partial charge on any atom is -0.507 e. The van der Waals surface area contributed by atoms with Crippen molar-refractivity contribution in [2.24, 2.45) is 0 Å². The fraction of sp³-hybridized carbons (Fsp3) is 0.379. The molecule has 7 nitrogen and oxygen atoms in total. The summed E-state index contributed by atoms with van der Waals surface area (Å²) >= 11 is 0. The fourth-order valence-corrected chi connectivity index (χ4v) is 4.78. The van der Waals surface area contributed by atoms with E-state index in [1.54, 1.807) is 11.0 Å². The number of likely N-dealkylation sites (tertiary alicyclic amines) is 1. The number of ether oxygens (including phenoxy) is 2. The SMILES string of the molecule is C=CCOc1ccc(C2C(=C(O)c3cc(C)ccc3C)C(=O)C(=O)N2CCCN2CCOCC2)cc1. The zero-order valence-electron chi connectivity index (χ0n) is 21.0. The van der Waals surface area contributed by atoms with Crippen molar-refractivity contribution in [3.63, 3.8) is 0 Å². The second-order valence-electron chi connectivity index (χ2n) is 9.29. The van der Waals surface area contributed by atoms with Crippen LogP contribution in [0.5, 0.6) is 5.75 Å². The molecule has 0 bridgehead atoms. The van der Waals surface area contributed by atoms with Gasteiger partial charge in [-0.25, -0.2) is 0 Å². The van der Waals surface area contributed by atoms with Crippen LogP contribution in [0.1, 0.15) is 34.7 Å². The van der Waals surface area contributed by atoms with Crippen molar-refractivity contribution in [2.45, 2.75) is 26.3 Å². The maximum absolute atomic E-state index is 13.3. The van der Waals surface area contributed by atoms with Gasteiger partial charge in [-0.3, -0.25) is 14.5 Å². The topological polar surface area (TPSA) is 79.3 Å². The highest BCUT2D eigenvalue weighted by molar-refractivity contribution is 6.46. The number of nitrogens with zero attached hydrogens (tertiary/aromatic N) is 2. The summed E-state index contributed by atoms with van der Waals surface area (Å²) in [6, 6.07) is 12.3. The van der Waals surface area contributed by atoms with Crippen molar-refractivity contribution in [2.75, 3.05) is 46.0 Å². The van der Waals surface area contributed by atoms with E-state index in [-0.39, 0.29) is 11.3 Å². The normalized spacial score (nSPS) is 20.1.